The summed E-state index contributed by atoms with van der Waals surface area (Å²) in [7, 11) is 0. The molecule has 1 aliphatic rings. The number of hydrogen-bond donors (Lipinski definition) is 2. The third kappa shape index (κ3) is 3.04. The molecule has 1 saturated carbocycles. The van der Waals surface area contributed by atoms with E-state index in [-0.39, 0.29) is 11.4 Å². The fourth-order valence-electron chi connectivity index (χ4n) is 1.84. The first kappa shape index (κ1) is 10.6. The summed E-state index contributed by atoms with van der Waals surface area (Å²) < 4.78 is 0. The van der Waals surface area contributed by atoms with Crippen molar-refractivity contribution in [1.82, 2.24) is 9.97 Å². The van der Waals surface area contributed by atoms with Crippen molar-refractivity contribution in [3.63, 3.8) is 0 Å². The first-order valence-corrected chi connectivity index (χ1v) is 5.55. The summed E-state index contributed by atoms with van der Waals surface area (Å²) in [6, 6.07) is 2.19. The normalized spacial score (nSPS) is 26.3. The summed E-state index contributed by atoms with van der Waals surface area (Å²) in [6.07, 6.45) is 5.17. The molecule has 0 spiro atoms. The molecule has 0 aliphatic heterocycles. The Balaban J connectivity index is 1.92. The average Bonchev–Trinajstić information content (AvgIpc) is 2.22. The van der Waals surface area contributed by atoms with E-state index in [0.29, 0.717) is 6.04 Å². The predicted octanol–water partition coefficient (Wildman–Crippen LogP) is 1.85. The molecule has 0 atom stereocenters. The third-order valence-corrected chi connectivity index (χ3v) is 2.86. The molecule has 1 aromatic heterocycles. The zero-order valence-electron chi connectivity index (χ0n) is 8.36. The van der Waals surface area contributed by atoms with Crippen LogP contribution in [-0.2, 0) is 0 Å². The van der Waals surface area contributed by atoms with Crippen LogP contribution in [0.3, 0.4) is 0 Å². The second-order valence-corrected chi connectivity index (χ2v) is 4.20. The van der Waals surface area contributed by atoms with Gasteiger partial charge in [-0.05, 0) is 43.4 Å². The lowest BCUT2D eigenvalue weighted by atomic mass is 9.93. The zero-order chi connectivity index (χ0) is 10.7. The van der Waals surface area contributed by atoms with Gasteiger partial charge in [0, 0.05) is 12.2 Å². The lowest BCUT2D eigenvalue weighted by molar-refractivity contribution is 0.126. The first-order chi connectivity index (χ1) is 7.24. The molecular weight excluding hydrogens is 214 g/mol. The van der Waals surface area contributed by atoms with Crippen LogP contribution in [0, 0.1) is 0 Å². The number of rotatable bonds is 2. The highest BCUT2D eigenvalue weighted by Gasteiger charge is 2.19. The number of nitrogens with one attached hydrogen (secondary N) is 1. The van der Waals surface area contributed by atoms with Gasteiger partial charge in [0.1, 0.15) is 5.82 Å². The maximum atomic E-state index is 9.36. The quantitative estimate of drug-likeness (QED) is 0.757. The molecule has 2 rings (SSSR count). The van der Waals surface area contributed by atoms with E-state index in [9.17, 15) is 5.11 Å². The standard InChI is InChI=1S/C10H14ClN3O/c11-10-12-6-5-9(14-10)13-7-1-3-8(15)4-2-7/h5-8,15H,1-4H2,(H,12,13,14)/t7-,8-. The Morgan fingerprint density at radius 2 is 2.07 bits per heavy atom. The van der Waals surface area contributed by atoms with E-state index in [1.807, 2.05) is 0 Å². The Kier molecular flexibility index (Phi) is 3.38. The van der Waals surface area contributed by atoms with E-state index in [2.05, 4.69) is 15.3 Å². The van der Waals surface area contributed by atoms with Crippen molar-refractivity contribution < 1.29 is 5.11 Å². The molecule has 1 aromatic rings. The van der Waals surface area contributed by atoms with Crippen LogP contribution in [0.2, 0.25) is 5.28 Å². The minimum absolute atomic E-state index is 0.128. The van der Waals surface area contributed by atoms with E-state index < -0.39 is 0 Å². The van der Waals surface area contributed by atoms with E-state index in [0.717, 1.165) is 31.5 Å². The molecular formula is C10H14ClN3O. The molecule has 0 amide bonds. The molecule has 1 fully saturated rings. The second-order valence-electron chi connectivity index (χ2n) is 3.86. The summed E-state index contributed by atoms with van der Waals surface area (Å²) in [5.41, 5.74) is 0. The van der Waals surface area contributed by atoms with Crippen molar-refractivity contribution >= 4 is 17.4 Å². The Morgan fingerprint density at radius 1 is 1.33 bits per heavy atom. The summed E-state index contributed by atoms with van der Waals surface area (Å²) in [4.78, 5) is 7.89. The minimum atomic E-state index is -0.128. The highest BCUT2D eigenvalue weighted by atomic mass is 35.5. The van der Waals surface area contributed by atoms with Gasteiger partial charge < -0.3 is 10.4 Å². The largest absolute Gasteiger partial charge is 0.393 e. The second kappa shape index (κ2) is 4.77. The van der Waals surface area contributed by atoms with E-state index >= 15 is 0 Å². The van der Waals surface area contributed by atoms with Gasteiger partial charge in [0.05, 0.1) is 6.10 Å². The number of halogens is 1. The van der Waals surface area contributed by atoms with Gasteiger partial charge in [-0.3, -0.25) is 0 Å². The Morgan fingerprint density at radius 3 is 2.73 bits per heavy atom. The van der Waals surface area contributed by atoms with E-state index in [1.165, 1.54) is 0 Å². The van der Waals surface area contributed by atoms with Crippen molar-refractivity contribution in [2.75, 3.05) is 5.32 Å². The summed E-state index contributed by atoms with van der Waals surface area (Å²) >= 11 is 5.68. The molecule has 0 aromatic carbocycles. The fraction of sp³-hybridized carbons (Fsp3) is 0.600. The number of aliphatic hydroxyl groups is 1. The molecule has 0 saturated heterocycles. The topological polar surface area (TPSA) is 58.0 Å². The van der Waals surface area contributed by atoms with Crippen LogP contribution in [0.15, 0.2) is 12.3 Å². The van der Waals surface area contributed by atoms with Gasteiger partial charge in [0.15, 0.2) is 0 Å². The average molecular weight is 228 g/mol. The van der Waals surface area contributed by atoms with Gasteiger partial charge in [-0.25, -0.2) is 9.97 Å². The van der Waals surface area contributed by atoms with Crippen LogP contribution >= 0.6 is 11.6 Å². The van der Waals surface area contributed by atoms with Crippen LogP contribution in [0.5, 0.6) is 0 Å². The van der Waals surface area contributed by atoms with Crippen molar-refractivity contribution in [3.05, 3.63) is 17.5 Å². The highest BCUT2D eigenvalue weighted by Crippen LogP contribution is 2.21. The maximum absolute atomic E-state index is 9.36. The Labute approximate surface area is 93.7 Å². The van der Waals surface area contributed by atoms with Crippen LogP contribution < -0.4 is 5.32 Å². The number of hydrogen-bond acceptors (Lipinski definition) is 4. The molecule has 15 heavy (non-hydrogen) atoms. The van der Waals surface area contributed by atoms with Gasteiger partial charge in [-0.15, -0.1) is 0 Å². The van der Waals surface area contributed by atoms with Crippen molar-refractivity contribution in [2.45, 2.75) is 37.8 Å². The van der Waals surface area contributed by atoms with E-state index in [4.69, 9.17) is 11.6 Å². The molecule has 82 valence electrons. The molecule has 4 nitrogen and oxygen atoms in total. The van der Waals surface area contributed by atoms with Gasteiger partial charge >= 0.3 is 0 Å². The molecule has 2 N–H and O–H groups in total. The third-order valence-electron chi connectivity index (χ3n) is 2.67. The molecule has 0 bridgehead atoms. The van der Waals surface area contributed by atoms with Crippen molar-refractivity contribution in [2.24, 2.45) is 0 Å². The summed E-state index contributed by atoms with van der Waals surface area (Å²) in [6.45, 7) is 0. The van der Waals surface area contributed by atoms with Crippen LogP contribution in [-0.4, -0.2) is 27.2 Å². The van der Waals surface area contributed by atoms with Crippen LogP contribution in [0.4, 0.5) is 5.82 Å². The highest BCUT2D eigenvalue weighted by molar-refractivity contribution is 6.28. The molecule has 1 aliphatic carbocycles. The first-order valence-electron chi connectivity index (χ1n) is 5.17. The van der Waals surface area contributed by atoms with Crippen molar-refractivity contribution in [1.29, 1.82) is 0 Å². The number of anilines is 1. The van der Waals surface area contributed by atoms with Gasteiger partial charge in [0.2, 0.25) is 5.28 Å². The van der Waals surface area contributed by atoms with Gasteiger partial charge in [-0.1, -0.05) is 0 Å². The maximum Gasteiger partial charge on any atom is 0.224 e. The minimum Gasteiger partial charge on any atom is -0.393 e. The Bertz CT molecular complexity index is 326. The monoisotopic (exact) mass is 227 g/mol. The fourth-order valence-corrected chi connectivity index (χ4v) is 1.99. The summed E-state index contributed by atoms with van der Waals surface area (Å²) in [5, 5.41) is 12.9. The van der Waals surface area contributed by atoms with Crippen LogP contribution in [0.1, 0.15) is 25.7 Å². The molecule has 1 heterocycles. The smallest absolute Gasteiger partial charge is 0.224 e. The number of nitrogens with zero attached hydrogens (tertiary/aromatic N) is 2. The van der Waals surface area contributed by atoms with Crippen LogP contribution in [0.25, 0.3) is 0 Å². The number of aliphatic hydroxyl groups excluding tert-OH is 1. The molecule has 0 unspecified atom stereocenters. The zero-order valence-corrected chi connectivity index (χ0v) is 9.11. The van der Waals surface area contributed by atoms with Crippen molar-refractivity contribution in [3.8, 4) is 0 Å². The van der Waals surface area contributed by atoms with Gasteiger partial charge in [-0.2, -0.15) is 0 Å². The van der Waals surface area contributed by atoms with Gasteiger partial charge in [0.25, 0.3) is 0 Å². The van der Waals surface area contributed by atoms with E-state index in [1.54, 1.807) is 12.3 Å². The lowest BCUT2D eigenvalue weighted by Crippen LogP contribution is -2.28. The number of aromatic nitrogens is 2. The summed E-state index contributed by atoms with van der Waals surface area (Å²) in [5.74, 6) is 0.761. The SMILES string of the molecule is O[C@H]1CC[C@H](Nc2ccnc(Cl)n2)CC1. The Hall–Kier alpha value is -0.870. The predicted molar refractivity (Wildman–Crippen MR) is 58.9 cm³/mol. The molecule has 0 radical (unpaired) electrons. The lowest BCUT2D eigenvalue weighted by Gasteiger charge is -2.26. The molecule has 5 heteroatoms.